The predicted molar refractivity (Wildman–Crippen MR) is 141 cm³/mol. The topological polar surface area (TPSA) is 26.3 Å². The van der Waals surface area contributed by atoms with Gasteiger partial charge in [0.2, 0.25) is 0 Å². The Balaban J connectivity index is 1.45. The van der Waals surface area contributed by atoms with Gasteiger partial charge in [-0.3, -0.25) is 4.79 Å². The number of ether oxygens (including phenoxy) is 1. The number of halogens is 1. The van der Waals surface area contributed by atoms with E-state index >= 15 is 0 Å². The minimum atomic E-state index is -0.213. The van der Waals surface area contributed by atoms with Crippen molar-refractivity contribution in [2.24, 2.45) is 46.3 Å². The van der Waals surface area contributed by atoms with E-state index in [1.54, 1.807) is 5.57 Å². The number of carbonyl (C=O) groups excluding carboxylic acids is 1. The summed E-state index contributed by atoms with van der Waals surface area (Å²) in [4.78, 5) is 11.9. The molecule has 0 spiro atoms. The van der Waals surface area contributed by atoms with Crippen LogP contribution in [0, 0.1) is 46.3 Å². The zero-order chi connectivity index (χ0) is 24.0. The number of carbonyl (C=O) groups is 1. The zero-order valence-corrected chi connectivity index (χ0v) is 23.8. The maximum absolute atomic E-state index is 12.1. The van der Waals surface area contributed by atoms with Crippen LogP contribution in [0.4, 0.5) is 0 Å². The highest BCUT2D eigenvalue weighted by molar-refractivity contribution is 9.10. The normalized spacial score (nSPS) is 42.1. The molecular weight excluding hydrogens is 472 g/mol. The monoisotopic (exact) mass is 520 g/mol. The van der Waals surface area contributed by atoms with Crippen LogP contribution in [-0.2, 0) is 9.53 Å². The molecule has 188 valence electrons. The fraction of sp³-hybridized carbons (Fsp3) is 0.900. The number of allylic oxidation sites excluding steroid dienone is 1. The van der Waals surface area contributed by atoms with E-state index in [1.807, 2.05) is 6.92 Å². The molecule has 0 unspecified atom stereocenters. The summed E-state index contributed by atoms with van der Waals surface area (Å²) >= 11 is 3.37. The summed E-state index contributed by atoms with van der Waals surface area (Å²) in [7, 11) is 0. The number of hydrogen-bond donors (Lipinski definition) is 0. The molecule has 3 fully saturated rings. The second-order valence-electron chi connectivity index (χ2n) is 13.2. The first kappa shape index (κ1) is 25.8. The third-order valence-corrected chi connectivity index (χ3v) is 11.2. The summed E-state index contributed by atoms with van der Waals surface area (Å²) in [6, 6.07) is 0. The Morgan fingerprint density at radius 3 is 2.52 bits per heavy atom. The van der Waals surface area contributed by atoms with Crippen molar-refractivity contribution < 1.29 is 9.53 Å². The summed E-state index contributed by atoms with van der Waals surface area (Å²) in [5.41, 5.74) is 2.49. The Morgan fingerprint density at radius 2 is 1.82 bits per heavy atom. The van der Waals surface area contributed by atoms with Crippen LogP contribution in [0.25, 0.3) is 0 Å². The Bertz CT molecular complexity index is 742. The molecule has 3 heteroatoms. The maximum Gasteiger partial charge on any atom is 0.319 e. The van der Waals surface area contributed by atoms with Crippen LogP contribution in [0.2, 0.25) is 0 Å². The van der Waals surface area contributed by atoms with Crippen LogP contribution in [-0.4, -0.2) is 16.9 Å². The fourth-order valence-corrected chi connectivity index (χ4v) is 9.12. The van der Waals surface area contributed by atoms with Gasteiger partial charge in [-0.25, -0.2) is 0 Å². The van der Waals surface area contributed by atoms with Crippen LogP contribution in [0.1, 0.15) is 112 Å². The lowest BCUT2D eigenvalue weighted by molar-refractivity contribution is -0.150. The standard InChI is InChI=1S/C30H49BrO2/c1-19(2)8-7-9-20(3)25-12-13-26-24-11-10-22-18-23(33-28(32)21(4)31)14-16-29(22,5)27(24)15-17-30(25,26)6/h10,19-21,23-27H,7-9,11-18H2,1-6H3/t20-,21-,23+,24-,25+,26-,27-,29+,30-/m1/s1. The van der Waals surface area contributed by atoms with Crippen molar-refractivity contribution in [3.8, 4) is 0 Å². The second kappa shape index (κ2) is 9.98. The summed E-state index contributed by atoms with van der Waals surface area (Å²) in [5, 5.41) is 0. The molecule has 33 heavy (non-hydrogen) atoms. The molecule has 0 radical (unpaired) electrons. The van der Waals surface area contributed by atoms with Crippen molar-refractivity contribution in [3.63, 3.8) is 0 Å². The zero-order valence-electron chi connectivity index (χ0n) is 22.2. The number of esters is 1. The van der Waals surface area contributed by atoms with Crippen LogP contribution in [0.15, 0.2) is 11.6 Å². The maximum atomic E-state index is 12.1. The Labute approximate surface area is 212 Å². The van der Waals surface area contributed by atoms with Gasteiger partial charge >= 0.3 is 5.97 Å². The molecule has 0 aromatic rings. The quantitative estimate of drug-likeness (QED) is 0.190. The van der Waals surface area contributed by atoms with E-state index in [1.165, 1.54) is 57.8 Å². The predicted octanol–water partition coefficient (Wildman–Crippen LogP) is 8.72. The van der Waals surface area contributed by atoms with Gasteiger partial charge in [-0.1, -0.05) is 81.5 Å². The third-order valence-electron chi connectivity index (χ3n) is 10.9. The van der Waals surface area contributed by atoms with Crippen molar-refractivity contribution in [3.05, 3.63) is 11.6 Å². The van der Waals surface area contributed by atoms with Crippen molar-refractivity contribution in [2.75, 3.05) is 0 Å². The number of alkyl halides is 1. The second-order valence-corrected chi connectivity index (χ2v) is 14.6. The first-order chi connectivity index (χ1) is 15.6. The Kier molecular flexibility index (Phi) is 7.79. The van der Waals surface area contributed by atoms with E-state index < -0.39 is 0 Å². The largest absolute Gasteiger partial charge is 0.461 e. The first-order valence-corrected chi connectivity index (χ1v) is 15.0. The van der Waals surface area contributed by atoms with E-state index in [4.69, 9.17) is 4.74 Å². The van der Waals surface area contributed by atoms with E-state index in [-0.39, 0.29) is 16.9 Å². The minimum Gasteiger partial charge on any atom is -0.461 e. The first-order valence-electron chi connectivity index (χ1n) is 14.1. The molecule has 0 saturated heterocycles. The number of fused-ring (bicyclic) bond motifs is 5. The summed E-state index contributed by atoms with van der Waals surface area (Å²) in [5.74, 6) is 5.14. The molecule has 2 nitrogen and oxygen atoms in total. The van der Waals surface area contributed by atoms with Gasteiger partial charge < -0.3 is 4.74 Å². The fourth-order valence-electron chi connectivity index (χ4n) is 9.01. The van der Waals surface area contributed by atoms with Gasteiger partial charge in [0.15, 0.2) is 0 Å². The van der Waals surface area contributed by atoms with Crippen LogP contribution >= 0.6 is 15.9 Å². The van der Waals surface area contributed by atoms with E-state index in [0.29, 0.717) is 10.8 Å². The van der Waals surface area contributed by atoms with Crippen molar-refractivity contribution in [1.29, 1.82) is 0 Å². The van der Waals surface area contributed by atoms with Gasteiger partial charge in [-0.05, 0) is 98.2 Å². The van der Waals surface area contributed by atoms with Gasteiger partial charge in [0.05, 0.1) is 0 Å². The SMILES string of the molecule is CC(C)CCC[C@@H](C)[C@@H]1CC[C@@H]2[C@H]3CC=C4C[C@@H](OC(=O)[C@@H](C)Br)CC[C@]4(C)[C@@H]3CC[C@@]21C. The number of rotatable bonds is 7. The van der Waals surface area contributed by atoms with Gasteiger partial charge in [-0.2, -0.15) is 0 Å². The molecule has 4 aliphatic carbocycles. The van der Waals surface area contributed by atoms with Crippen molar-refractivity contribution >= 4 is 21.9 Å². The Hall–Kier alpha value is -0.310. The molecule has 9 atom stereocenters. The summed E-state index contributed by atoms with van der Waals surface area (Å²) in [6.45, 7) is 14.4. The number of hydrogen-bond acceptors (Lipinski definition) is 2. The lowest BCUT2D eigenvalue weighted by Gasteiger charge is -2.58. The van der Waals surface area contributed by atoms with E-state index in [9.17, 15) is 4.79 Å². The highest BCUT2D eigenvalue weighted by Crippen LogP contribution is 2.67. The molecular formula is C30H49BrO2. The smallest absolute Gasteiger partial charge is 0.319 e. The van der Waals surface area contributed by atoms with Gasteiger partial charge in [0.1, 0.15) is 10.9 Å². The molecule has 0 aromatic carbocycles. The lowest BCUT2D eigenvalue weighted by atomic mass is 9.47. The minimum absolute atomic E-state index is 0.0739. The van der Waals surface area contributed by atoms with Gasteiger partial charge in [-0.15, -0.1) is 0 Å². The van der Waals surface area contributed by atoms with Crippen LogP contribution < -0.4 is 0 Å². The lowest BCUT2D eigenvalue weighted by Crippen LogP contribution is -2.51. The molecule has 0 amide bonds. The highest BCUT2D eigenvalue weighted by Gasteiger charge is 2.59. The van der Waals surface area contributed by atoms with Gasteiger partial charge in [0, 0.05) is 6.42 Å². The third kappa shape index (κ3) is 4.88. The molecule has 0 aromatic heterocycles. The van der Waals surface area contributed by atoms with Crippen LogP contribution in [0.5, 0.6) is 0 Å². The molecule has 4 aliphatic rings. The average Bonchev–Trinajstić information content (AvgIpc) is 3.11. The molecule has 0 N–H and O–H groups in total. The summed E-state index contributed by atoms with van der Waals surface area (Å²) in [6.07, 6.45) is 17.1. The Morgan fingerprint density at radius 1 is 1.06 bits per heavy atom. The van der Waals surface area contributed by atoms with E-state index in [2.05, 4.69) is 56.6 Å². The molecule has 0 aliphatic heterocycles. The molecule has 4 rings (SSSR count). The molecule has 0 bridgehead atoms. The van der Waals surface area contributed by atoms with Gasteiger partial charge in [0.25, 0.3) is 0 Å². The highest BCUT2D eigenvalue weighted by atomic mass is 79.9. The average molecular weight is 522 g/mol. The van der Waals surface area contributed by atoms with Crippen molar-refractivity contribution in [1.82, 2.24) is 0 Å². The van der Waals surface area contributed by atoms with Crippen LogP contribution in [0.3, 0.4) is 0 Å². The van der Waals surface area contributed by atoms with E-state index in [0.717, 1.165) is 48.3 Å². The van der Waals surface area contributed by atoms with Crippen molar-refractivity contribution in [2.45, 2.75) is 123 Å². The molecule has 3 saturated carbocycles. The molecule has 0 heterocycles. The summed E-state index contributed by atoms with van der Waals surface area (Å²) < 4.78 is 5.83.